The van der Waals surface area contributed by atoms with Crippen LogP contribution in [0.1, 0.15) is 40.0 Å². The van der Waals surface area contributed by atoms with E-state index < -0.39 is 28.5 Å². The molecule has 0 fully saturated rings. The van der Waals surface area contributed by atoms with Crippen molar-refractivity contribution in [3.8, 4) is 17.2 Å². The van der Waals surface area contributed by atoms with E-state index in [1.807, 2.05) is 54.6 Å². The summed E-state index contributed by atoms with van der Waals surface area (Å²) in [6.07, 6.45) is 1.65. The van der Waals surface area contributed by atoms with E-state index in [2.05, 4.69) is 0 Å². The van der Waals surface area contributed by atoms with Crippen molar-refractivity contribution in [2.45, 2.75) is 13.0 Å². The Bertz CT molecular complexity index is 2670. The normalized spacial score (nSPS) is 13.9. The summed E-state index contributed by atoms with van der Waals surface area (Å²) in [5, 5.41) is 12.7. The molecule has 5 aromatic carbocycles. The number of rotatable bonds is 10. The minimum absolute atomic E-state index is 0.0932. The predicted molar refractivity (Wildman–Crippen MR) is 203 cm³/mol. The summed E-state index contributed by atoms with van der Waals surface area (Å²) in [6, 6.07) is 29.3. The van der Waals surface area contributed by atoms with Crippen LogP contribution < -0.4 is 29.1 Å². The van der Waals surface area contributed by atoms with Crippen LogP contribution in [0.5, 0.6) is 17.2 Å². The van der Waals surface area contributed by atoms with Crippen LogP contribution in [0.4, 0.5) is 5.69 Å². The molecule has 0 saturated heterocycles. The van der Waals surface area contributed by atoms with Crippen LogP contribution in [0, 0.1) is 10.1 Å². The molecule has 6 aromatic rings. The molecule has 1 aliphatic heterocycles. The van der Waals surface area contributed by atoms with Crippen molar-refractivity contribution in [3.05, 3.63) is 167 Å². The average Bonchev–Trinajstić information content (AvgIpc) is 3.51. The van der Waals surface area contributed by atoms with Crippen molar-refractivity contribution in [1.29, 1.82) is 0 Å². The number of non-ortho nitro benzene ring substituents is 1. The van der Waals surface area contributed by atoms with Crippen molar-refractivity contribution in [2.24, 2.45) is 4.99 Å². The Morgan fingerprint density at radius 3 is 2.28 bits per heavy atom. The Balaban J connectivity index is 1.46. The van der Waals surface area contributed by atoms with Crippen molar-refractivity contribution < 1.29 is 33.5 Å². The van der Waals surface area contributed by atoms with Crippen LogP contribution in [0.2, 0.25) is 0 Å². The van der Waals surface area contributed by atoms with Gasteiger partial charge in [-0.25, -0.2) is 14.6 Å². The number of nitrogens with zero attached hydrogens (tertiary/aromatic N) is 3. The molecule has 0 bridgehead atoms. The third kappa shape index (κ3) is 6.63. The monoisotopic (exact) mass is 741 g/mol. The molecule has 0 radical (unpaired) electrons. The highest BCUT2D eigenvalue weighted by molar-refractivity contribution is 7.07. The molecule has 270 valence electrons. The molecule has 13 heteroatoms. The third-order valence-corrected chi connectivity index (χ3v) is 9.80. The Hall–Kier alpha value is -6.86. The van der Waals surface area contributed by atoms with E-state index in [1.165, 1.54) is 43.1 Å². The first-order valence-corrected chi connectivity index (χ1v) is 17.5. The highest BCUT2D eigenvalue weighted by Gasteiger charge is 2.36. The lowest BCUT2D eigenvalue weighted by atomic mass is 9.93. The lowest BCUT2D eigenvalue weighted by Crippen LogP contribution is -2.40. The molecule has 12 nitrogen and oxygen atoms in total. The van der Waals surface area contributed by atoms with Crippen molar-refractivity contribution in [1.82, 2.24) is 4.57 Å². The van der Waals surface area contributed by atoms with E-state index in [-0.39, 0.29) is 33.7 Å². The smallest absolute Gasteiger partial charge is 0.343 e. The molecule has 2 heterocycles. The maximum atomic E-state index is 14.7. The number of esters is 2. The number of ether oxygens (including phenoxy) is 4. The number of nitro benzene ring substituents is 1. The second-order valence-corrected chi connectivity index (χ2v) is 12.9. The van der Waals surface area contributed by atoms with Crippen LogP contribution >= 0.6 is 11.3 Å². The molecule has 0 unspecified atom stereocenters. The lowest BCUT2D eigenvalue weighted by molar-refractivity contribution is -0.384. The lowest BCUT2D eigenvalue weighted by Gasteiger charge is -2.26. The van der Waals surface area contributed by atoms with Gasteiger partial charge in [0.15, 0.2) is 16.3 Å². The number of hydrogen-bond donors (Lipinski definition) is 0. The summed E-state index contributed by atoms with van der Waals surface area (Å²) < 4.78 is 24.3. The number of carbonyl (C=O) groups is 2. The minimum atomic E-state index is -0.982. The van der Waals surface area contributed by atoms with E-state index in [4.69, 9.17) is 23.9 Å². The molecule has 1 aliphatic rings. The van der Waals surface area contributed by atoms with Gasteiger partial charge >= 0.3 is 11.9 Å². The largest absolute Gasteiger partial charge is 0.493 e. The van der Waals surface area contributed by atoms with Gasteiger partial charge in [-0.1, -0.05) is 78.1 Å². The molecule has 7 rings (SSSR count). The van der Waals surface area contributed by atoms with Gasteiger partial charge in [0.2, 0.25) is 0 Å². The first kappa shape index (κ1) is 35.5. The molecule has 1 aromatic heterocycles. The fourth-order valence-electron chi connectivity index (χ4n) is 6.30. The number of fused-ring (bicyclic) bond motifs is 2. The quantitative estimate of drug-likeness (QED) is 0.0689. The Labute approximate surface area is 311 Å². The standard InChI is InChI=1S/C41H31N3O9S/c1-4-52-40(47)35-36(25-11-6-5-7-12-25)42-41-43(37(35)27-17-21-32(50-2)33(22-27)51-3)38(45)34(54-41)23-30-29-13-9-8-10-24(29)16-20-31(30)53-39(46)26-14-18-28(19-15-26)44(48)49/h5-23,37H,4H2,1-3H3/b34-23-/t37-/m1/s1. The first-order chi connectivity index (χ1) is 26.2. The van der Waals surface area contributed by atoms with E-state index in [9.17, 15) is 24.5 Å². The van der Waals surface area contributed by atoms with Crippen LogP contribution in [0.15, 0.2) is 125 Å². The van der Waals surface area contributed by atoms with Gasteiger partial charge in [0.1, 0.15) is 5.75 Å². The van der Waals surface area contributed by atoms with Crippen LogP contribution in [0.25, 0.3) is 22.5 Å². The first-order valence-electron chi connectivity index (χ1n) is 16.7. The molecular formula is C41H31N3O9S. The highest BCUT2D eigenvalue weighted by atomic mass is 32.1. The SMILES string of the molecule is CCOC(=O)C1=C(c2ccccc2)N=c2s/c(=C\c3c(OC(=O)c4ccc([N+](=O)[O-])cc4)ccc4ccccc34)c(=O)n2[C@@H]1c1ccc(OC)c(OC)c1. The molecule has 0 saturated carbocycles. The van der Waals surface area contributed by atoms with Crippen molar-refractivity contribution in [3.63, 3.8) is 0 Å². The molecule has 1 atom stereocenters. The molecular weight excluding hydrogens is 711 g/mol. The molecule has 0 aliphatic carbocycles. The highest BCUT2D eigenvalue weighted by Crippen LogP contribution is 2.39. The summed E-state index contributed by atoms with van der Waals surface area (Å²) in [7, 11) is 3.02. The second-order valence-electron chi connectivity index (χ2n) is 11.9. The fourth-order valence-corrected chi connectivity index (χ4v) is 7.28. The summed E-state index contributed by atoms with van der Waals surface area (Å²) in [5.41, 5.74) is 1.65. The van der Waals surface area contributed by atoms with Crippen LogP contribution in [-0.4, -0.2) is 42.3 Å². The topological polar surface area (TPSA) is 149 Å². The van der Waals surface area contributed by atoms with E-state index in [0.29, 0.717) is 44.1 Å². The number of hydrogen-bond acceptors (Lipinski definition) is 11. The van der Waals surface area contributed by atoms with E-state index in [1.54, 1.807) is 43.3 Å². The van der Waals surface area contributed by atoms with Crippen molar-refractivity contribution >= 4 is 51.5 Å². The number of carbonyl (C=O) groups excluding carboxylic acids is 2. The van der Waals surface area contributed by atoms with Gasteiger partial charge in [-0.2, -0.15) is 0 Å². The summed E-state index contributed by atoms with van der Waals surface area (Å²) in [4.78, 5) is 57.8. The second kappa shape index (κ2) is 15.0. The average molecular weight is 742 g/mol. The number of benzene rings is 5. The van der Waals surface area contributed by atoms with Gasteiger partial charge in [-0.05, 0) is 59.7 Å². The zero-order valence-electron chi connectivity index (χ0n) is 29.2. The summed E-state index contributed by atoms with van der Waals surface area (Å²) in [5.74, 6) is -0.351. The molecule has 0 spiro atoms. The number of aromatic nitrogens is 1. The number of methoxy groups -OCH3 is 2. The van der Waals surface area contributed by atoms with E-state index >= 15 is 0 Å². The zero-order valence-corrected chi connectivity index (χ0v) is 30.0. The Morgan fingerprint density at radius 2 is 1.57 bits per heavy atom. The van der Waals surface area contributed by atoms with Gasteiger partial charge in [0.25, 0.3) is 11.2 Å². The van der Waals surface area contributed by atoms with Gasteiger partial charge in [-0.15, -0.1) is 0 Å². The molecule has 54 heavy (non-hydrogen) atoms. The maximum absolute atomic E-state index is 14.7. The Morgan fingerprint density at radius 1 is 0.870 bits per heavy atom. The summed E-state index contributed by atoms with van der Waals surface area (Å²) >= 11 is 1.12. The summed E-state index contributed by atoms with van der Waals surface area (Å²) in [6.45, 7) is 1.80. The maximum Gasteiger partial charge on any atom is 0.343 e. The predicted octanol–water partition coefficient (Wildman–Crippen LogP) is 6.23. The number of thiazole rings is 1. The van der Waals surface area contributed by atoms with Gasteiger partial charge < -0.3 is 18.9 Å². The Kier molecular flexibility index (Phi) is 9.88. The molecule has 0 amide bonds. The van der Waals surface area contributed by atoms with Crippen LogP contribution in [-0.2, 0) is 9.53 Å². The van der Waals surface area contributed by atoms with Gasteiger partial charge in [0, 0.05) is 23.3 Å². The van der Waals surface area contributed by atoms with Gasteiger partial charge in [-0.3, -0.25) is 19.5 Å². The third-order valence-electron chi connectivity index (χ3n) is 8.82. The fraction of sp³-hybridized carbons (Fsp3) is 0.122. The zero-order chi connectivity index (χ0) is 37.9. The van der Waals surface area contributed by atoms with Gasteiger partial charge in [0.05, 0.1) is 53.2 Å². The number of nitro groups is 1. The minimum Gasteiger partial charge on any atom is -0.493 e. The van der Waals surface area contributed by atoms with Crippen LogP contribution in [0.3, 0.4) is 0 Å². The molecule has 0 N–H and O–H groups in total. The van der Waals surface area contributed by atoms with Crippen molar-refractivity contribution in [2.75, 3.05) is 20.8 Å². The van der Waals surface area contributed by atoms with E-state index in [0.717, 1.165) is 16.7 Å².